The summed E-state index contributed by atoms with van der Waals surface area (Å²) >= 11 is 0. The van der Waals surface area contributed by atoms with Crippen LogP contribution in [0.15, 0.2) is 30.7 Å². The third kappa shape index (κ3) is 2.85. The van der Waals surface area contributed by atoms with E-state index < -0.39 is 0 Å². The second-order valence-electron chi connectivity index (χ2n) is 5.32. The third-order valence-corrected chi connectivity index (χ3v) is 3.87. The average molecular weight is 268 g/mol. The van der Waals surface area contributed by atoms with Crippen LogP contribution in [0, 0.1) is 5.92 Å². The van der Waals surface area contributed by atoms with Crippen LogP contribution in [0.3, 0.4) is 0 Å². The fraction of sp³-hybridized carbons (Fsp3) is 0.438. The summed E-state index contributed by atoms with van der Waals surface area (Å²) in [5, 5.41) is 3.44. The minimum absolute atomic E-state index is 0.720. The number of pyridine rings is 1. The van der Waals surface area contributed by atoms with Gasteiger partial charge in [-0.05, 0) is 56.0 Å². The molecule has 0 saturated heterocycles. The molecule has 0 saturated carbocycles. The first kappa shape index (κ1) is 13.2. The maximum absolute atomic E-state index is 4.74. The summed E-state index contributed by atoms with van der Waals surface area (Å²) in [4.78, 5) is 13.3. The van der Waals surface area contributed by atoms with Gasteiger partial charge in [0.25, 0.3) is 0 Å². The molecule has 0 bridgehead atoms. The highest BCUT2D eigenvalue weighted by molar-refractivity contribution is 5.54. The van der Waals surface area contributed by atoms with Crippen molar-refractivity contribution in [2.45, 2.75) is 26.2 Å². The van der Waals surface area contributed by atoms with Crippen LogP contribution in [-0.2, 0) is 12.8 Å². The van der Waals surface area contributed by atoms with Gasteiger partial charge in [0.2, 0.25) is 0 Å². The van der Waals surface area contributed by atoms with Crippen LogP contribution in [0.4, 0.5) is 0 Å². The van der Waals surface area contributed by atoms with Gasteiger partial charge in [-0.1, -0.05) is 6.92 Å². The van der Waals surface area contributed by atoms with Crippen LogP contribution in [0.5, 0.6) is 0 Å². The zero-order valence-electron chi connectivity index (χ0n) is 11.8. The Labute approximate surface area is 119 Å². The monoisotopic (exact) mass is 268 g/mol. The van der Waals surface area contributed by atoms with Crippen molar-refractivity contribution in [3.63, 3.8) is 0 Å². The zero-order chi connectivity index (χ0) is 13.8. The lowest BCUT2D eigenvalue weighted by molar-refractivity contribution is 0.425. The van der Waals surface area contributed by atoms with E-state index in [1.54, 1.807) is 12.4 Å². The lowest BCUT2D eigenvalue weighted by atomic mass is 9.87. The van der Waals surface area contributed by atoms with Crippen molar-refractivity contribution in [3.05, 3.63) is 42.0 Å². The molecule has 2 aromatic rings. The van der Waals surface area contributed by atoms with Gasteiger partial charge in [0.1, 0.15) is 0 Å². The minimum atomic E-state index is 0.720. The van der Waals surface area contributed by atoms with Gasteiger partial charge in [-0.3, -0.25) is 4.98 Å². The number of rotatable bonds is 4. The summed E-state index contributed by atoms with van der Waals surface area (Å²) in [7, 11) is 0. The standard InChI is InChI=1S/C16H20N4/c1-2-17-10-12-3-4-15-14(9-12)11-19-16(20-15)13-5-7-18-8-6-13/h5-8,11-12,17H,2-4,9-10H2,1H3. The lowest BCUT2D eigenvalue weighted by Crippen LogP contribution is -2.27. The number of aryl methyl sites for hydroxylation is 1. The van der Waals surface area contributed by atoms with Gasteiger partial charge in [0.15, 0.2) is 5.82 Å². The fourth-order valence-electron chi connectivity index (χ4n) is 2.75. The second kappa shape index (κ2) is 6.09. The Morgan fingerprint density at radius 1 is 1.30 bits per heavy atom. The molecule has 0 fully saturated rings. The molecule has 1 atom stereocenters. The first-order chi connectivity index (χ1) is 9.86. The maximum atomic E-state index is 4.74. The fourth-order valence-corrected chi connectivity index (χ4v) is 2.75. The van der Waals surface area contributed by atoms with Crippen LogP contribution in [0.25, 0.3) is 11.4 Å². The Balaban J connectivity index is 1.78. The summed E-state index contributed by atoms with van der Waals surface area (Å²) in [5.41, 5.74) is 3.58. The molecule has 104 valence electrons. The summed E-state index contributed by atoms with van der Waals surface area (Å²) in [5.74, 6) is 1.54. The quantitative estimate of drug-likeness (QED) is 0.924. The Morgan fingerprint density at radius 2 is 2.15 bits per heavy atom. The van der Waals surface area contributed by atoms with Crippen molar-refractivity contribution in [3.8, 4) is 11.4 Å². The van der Waals surface area contributed by atoms with Crippen LogP contribution < -0.4 is 5.32 Å². The number of hydrogen-bond donors (Lipinski definition) is 1. The van der Waals surface area contributed by atoms with Gasteiger partial charge < -0.3 is 5.32 Å². The van der Waals surface area contributed by atoms with Gasteiger partial charge in [0.05, 0.1) is 0 Å². The number of hydrogen-bond acceptors (Lipinski definition) is 4. The average Bonchev–Trinajstić information content (AvgIpc) is 2.53. The molecule has 2 heterocycles. The summed E-state index contributed by atoms with van der Waals surface area (Å²) in [6.07, 6.45) is 8.95. The van der Waals surface area contributed by atoms with E-state index >= 15 is 0 Å². The van der Waals surface area contributed by atoms with E-state index in [-0.39, 0.29) is 0 Å². The Morgan fingerprint density at radius 3 is 2.95 bits per heavy atom. The van der Waals surface area contributed by atoms with E-state index in [1.807, 2.05) is 18.3 Å². The van der Waals surface area contributed by atoms with Gasteiger partial charge in [-0.25, -0.2) is 9.97 Å². The molecule has 20 heavy (non-hydrogen) atoms. The Bertz CT molecular complexity index is 568. The predicted octanol–water partition coefficient (Wildman–Crippen LogP) is 2.25. The third-order valence-electron chi connectivity index (χ3n) is 3.87. The molecular formula is C16H20N4. The van der Waals surface area contributed by atoms with Crippen LogP contribution in [0.2, 0.25) is 0 Å². The van der Waals surface area contributed by atoms with Crippen molar-refractivity contribution in [1.82, 2.24) is 20.3 Å². The summed E-state index contributed by atoms with van der Waals surface area (Å²) in [6.45, 7) is 4.30. The molecule has 1 aliphatic rings. The van der Waals surface area contributed by atoms with Gasteiger partial charge in [-0.2, -0.15) is 0 Å². The molecular weight excluding hydrogens is 248 g/mol. The SMILES string of the molecule is CCNCC1CCc2nc(-c3ccncc3)ncc2C1. The van der Waals surface area contributed by atoms with Crippen molar-refractivity contribution >= 4 is 0 Å². The molecule has 0 amide bonds. The highest BCUT2D eigenvalue weighted by Crippen LogP contribution is 2.25. The molecule has 0 aliphatic heterocycles. The van der Waals surface area contributed by atoms with Crippen molar-refractivity contribution in [1.29, 1.82) is 0 Å². The van der Waals surface area contributed by atoms with Crippen molar-refractivity contribution in [2.75, 3.05) is 13.1 Å². The van der Waals surface area contributed by atoms with Gasteiger partial charge in [-0.15, -0.1) is 0 Å². The molecule has 0 spiro atoms. The van der Waals surface area contributed by atoms with Crippen LogP contribution in [-0.4, -0.2) is 28.0 Å². The minimum Gasteiger partial charge on any atom is -0.317 e. The molecule has 0 aromatic carbocycles. The zero-order valence-corrected chi connectivity index (χ0v) is 11.8. The molecule has 1 unspecified atom stereocenters. The van der Waals surface area contributed by atoms with E-state index in [2.05, 4.69) is 22.2 Å². The Hall–Kier alpha value is -1.81. The number of aromatic nitrogens is 3. The molecule has 0 radical (unpaired) electrons. The van der Waals surface area contributed by atoms with Crippen molar-refractivity contribution in [2.24, 2.45) is 5.92 Å². The lowest BCUT2D eigenvalue weighted by Gasteiger charge is -2.24. The van der Waals surface area contributed by atoms with E-state index in [0.717, 1.165) is 43.2 Å². The molecule has 2 aromatic heterocycles. The molecule has 1 aliphatic carbocycles. The van der Waals surface area contributed by atoms with Gasteiger partial charge >= 0.3 is 0 Å². The first-order valence-electron chi connectivity index (χ1n) is 7.32. The predicted molar refractivity (Wildman–Crippen MR) is 79.3 cm³/mol. The molecule has 4 nitrogen and oxygen atoms in total. The topological polar surface area (TPSA) is 50.7 Å². The van der Waals surface area contributed by atoms with E-state index in [1.165, 1.54) is 17.7 Å². The normalized spacial score (nSPS) is 17.8. The van der Waals surface area contributed by atoms with Crippen LogP contribution >= 0.6 is 0 Å². The number of nitrogens with one attached hydrogen (secondary N) is 1. The summed E-state index contributed by atoms with van der Waals surface area (Å²) in [6, 6.07) is 3.91. The molecule has 3 rings (SSSR count). The Kier molecular flexibility index (Phi) is 4.02. The number of fused-ring (bicyclic) bond motifs is 1. The van der Waals surface area contributed by atoms with Crippen LogP contribution in [0.1, 0.15) is 24.6 Å². The largest absolute Gasteiger partial charge is 0.317 e. The highest BCUT2D eigenvalue weighted by atomic mass is 14.9. The molecule has 4 heteroatoms. The number of nitrogens with zero attached hydrogens (tertiary/aromatic N) is 3. The van der Waals surface area contributed by atoms with Crippen molar-refractivity contribution < 1.29 is 0 Å². The van der Waals surface area contributed by atoms with E-state index in [9.17, 15) is 0 Å². The maximum Gasteiger partial charge on any atom is 0.159 e. The first-order valence-corrected chi connectivity index (χ1v) is 7.32. The second-order valence-corrected chi connectivity index (χ2v) is 5.32. The van der Waals surface area contributed by atoms with E-state index in [4.69, 9.17) is 4.98 Å². The van der Waals surface area contributed by atoms with Gasteiger partial charge in [0, 0.05) is 29.8 Å². The molecule has 1 N–H and O–H groups in total. The smallest absolute Gasteiger partial charge is 0.159 e. The highest BCUT2D eigenvalue weighted by Gasteiger charge is 2.20. The van der Waals surface area contributed by atoms with E-state index in [0.29, 0.717) is 0 Å². The summed E-state index contributed by atoms with van der Waals surface area (Å²) < 4.78 is 0.